The van der Waals surface area contributed by atoms with Crippen molar-refractivity contribution < 1.29 is 33.3 Å². The summed E-state index contributed by atoms with van der Waals surface area (Å²) < 4.78 is 23.4. The Balaban J connectivity index is 1.75. The minimum absolute atomic E-state index is 0.133. The Hall–Kier alpha value is -2.15. The zero-order valence-corrected chi connectivity index (χ0v) is 17.7. The van der Waals surface area contributed by atoms with Crippen LogP contribution in [0.15, 0.2) is 22.8 Å². The normalized spacial score (nSPS) is 43.0. The largest absolute Gasteiger partial charge is 0.459 e. The lowest BCUT2D eigenvalue weighted by Crippen LogP contribution is -2.63. The number of ether oxygens (including phenoxy) is 4. The predicted octanol–water partition coefficient (Wildman–Crippen LogP) is 2.63. The number of rotatable bonds is 3. The Morgan fingerprint density at radius 2 is 1.93 bits per heavy atom. The van der Waals surface area contributed by atoms with Crippen molar-refractivity contribution in [1.82, 2.24) is 0 Å². The Bertz CT molecular complexity index is 855. The zero-order chi connectivity index (χ0) is 21.3. The molecule has 0 N–H and O–H groups in total. The van der Waals surface area contributed by atoms with Crippen molar-refractivity contribution in [3.05, 3.63) is 22.8 Å². The van der Waals surface area contributed by atoms with Crippen LogP contribution in [0.2, 0.25) is 0 Å². The predicted molar refractivity (Wildman–Crippen MR) is 102 cm³/mol. The van der Waals surface area contributed by atoms with Crippen molar-refractivity contribution in [2.75, 3.05) is 0 Å². The third-order valence-corrected chi connectivity index (χ3v) is 7.63. The van der Waals surface area contributed by atoms with Gasteiger partial charge in [-0.05, 0) is 20.8 Å². The quantitative estimate of drug-likeness (QED) is 0.309. The summed E-state index contributed by atoms with van der Waals surface area (Å²) in [6.45, 7) is 10.6. The van der Waals surface area contributed by atoms with Gasteiger partial charge in [0.25, 0.3) is 0 Å². The second-order valence-corrected chi connectivity index (χ2v) is 8.89. The molecule has 29 heavy (non-hydrogen) atoms. The monoisotopic (exact) mass is 404 g/mol. The molecule has 1 spiro atoms. The van der Waals surface area contributed by atoms with E-state index in [2.05, 4.69) is 0 Å². The molecule has 2 saturated carbocycles. The highest BCUT2D eigenvalue weighted by Crippen LogP contribution is 2.69. The van der Waals surface area contributed by atoms with Gasteiger partial charge in [0.1, 0.15) is 23.9 Å². The van der Waals surface area contributed by atoms with Gasteiger partial charge in [0.2, 0.25) is 0 Å². The van der Waals surface area contributed by atoms with E-state index >= 15 is 0 Å². The molecule has 0 aromatic rings. The average molecular weight is 404 g/mol. The molecule has 0 aromatic heterocycles. The van der Waals surface area contributed by atoms with E-state index in [1.165, 1.54) is 6.92 Å². The third-order valence-electron chi connectivity index (χ3n) is 7.63. The summed E-state index contributed by atoms with van der Waals surface area (Å²) in [6, 6.07) is 0. The minimum atomic E-state index is -0.672. The van der Waals surface area contributed by atoms with Crippen LogP contribution in [0, 0.1) is 11.3 Å². The molecule has 4 rings (SSSR count). The molecule has 3 fully saturated rings. The number of allylic oxidation sites excluding steroid dienone is 1. The molecule has 0 unspecified atom stereocenters. The summed E-state index contributed by atoms with van der Waals surface area (Å²) in [4.78, 5) is 36.7. The van der Waals surface area contributed by atoms with E-state index in [1.54, 1.807) is 26.8 Å². The second-order valence-electron chi connectivity index (χ2n) is 8.89. The fourth-order valence-electron chi connectivity index (χ4n) is 5.59. The highest BCUT2D eigenvalue weighted by atomic mass is 16.6. The first-order valence-corrected chi connectivity index (χ1v) is 10.2. The molecular weight excluding hydrogens is 376 g/mol. The number of fused-ring (bicyclic) bond motifs is 1. The van der Waals surface area contributed by atoms with Gasteiger partial charge >= 0.3 is 17.9 Å². The van der Waals surface area contributed by atoms with Crippen molar-refractivity contribution >= 4 is 17.9 Å². The minimum Gasteiger partial charge on any atom is -0.459 e. The molecule has 0 bridgehead atoms. The average Bonchev–Trinajstić information content (AvgIpc) is 3.28. The molecule has 7 atom stereocenters. The van der Waals surface area contributed by atoms with Crippen LogP contribution in [-0.2, 0) is 33.3 Å². The Kier molecular flexibility index (Phi) is 4.46. The molecule has 0 aromatic carbocycles. The number of carbonyl (C=O) groups excluding carboxylic acids is 3. The lowest BCUT2D eigenvalue weighted by molar-refractivity contribution is -0.181. The number of epoxide rings is 1. The Labute approximate surface area is 170 Å². The summed E-state index contributed by atoms with van der Waals surface area (Å²) in [6.07, 6.45) is 1.20. The molecule has 0 radical (unpaired) electrons. The molecule has 2 aliphatic carbocycles. The summed E-state index contributed by atoms with van der Waals surface area (Å²) in [5.41, 5.74) is 0.535. The second kappa shape index (κ2) is 6.42. The van der Waals surface area contributed by atoms with Gasteiger partial charge in [0, 0.05) is 47.8 Å². The summed E-state index contributed by atoms with van der Waals surface area (Å²) in [7, 11) is 0. The van der Waals surface area contributed by atoms with Crippen LogP contribution in [-0.4, -0.2) is 47.9 Å². The SMILES string of the molecule is C/C=C(/C)C(=O)O[C@H]1C[C@H]2O[C@]23C[C@@H]2OC(=O)C(C)=C2[C@@H](OC(C)=O)[C@]3(C)[C@H]1C. The first kappa shape index (κ1) is 20.1. The molecular formula is C22H28O7. The van der Waals surface area contributed by atoms with E-state index in [4.69, 9.17) is 18.9 Å². The standard InChI is InChI=1S/C22H28O7/c1-7-10(2)19(24)27-14-8-16-22(29-16)9-15-17(11(3)20(25)28-15)18(26-13(5)23)21(22,6)12(14)4/h7,12,14-16,18H,8-9H2,1-6H3/b10-7-/t12-,14-,15-,16+,18+,21-,22+/m0/s1. The highest BCUT2D eigenvalue weighted by molar-refractivity contribution is 5.92. The van der Waals surface area contributed by atoms with Gasteiger partial charge in [-0.3, -0.25) is 4.79 Å². The van der Waals surface area contributed by atoms with Gasteiger partial charge in [-0.15, -0.1) is 0 Å². The van der Waals surface area contributed by atoms with Crippen LogP contribution in [0.3, 0.4) is 0 Å². The van der Waals surface area contributed by atoms with E-state index in [0.29, 0.717) is 24.0 Å². The number of hydrogen-bond acceptors (Lipinski definition) is 7. The van der Waals surface area contributed by atoms with Gasteiger partial charge in [0.15, 0.2) is 0 Å². The van der Waals surface area contributed by atoms with Crippen molar-refractivity contribution in [2.24, 2.45) is 11.3 Å². The smallest absolute Gasteiger partial charge is 0.334 e. The van der Waals surface area contributed by atoms with E-state index in [-0.39, 0.29) is 30.1 Å². The zero-order valence-electron chi connectivity index (χ0n) is 17.7. The number of hydrogen-bond donors (Lipinski definition) is 0. The molecule has 7 nitrogen and oxygen atoms in total. The van der Waals surface area contributed by atoms with Crippen molar-refractivity contribution in [3.8, 4) is 0 Å². The van der Waals surface area contributed by atoms with E-state index in [1.807, 2.05) is 13.8 Å². The molecule has 1 saturated heterocycles. The molecule has 0 amide bonds. The molecule has 7 heteroatoms. The summed E-state index contributed by atoms with van der Waals surface area (Å²) in [5.74, 6) is -1.32. The van der Waals surface area contributed by atoms with Crippen LogP contribution in [0.1, 0.15) is 54.4 Å². The van der Waals surface area contributed by atoms with Gasteiger partial charge < -0.3 is 18.9 Å². The fourth-order valence-corrected chi connectivity index (χ4v) is 5.59. The van der Waals surface area contributed by atoms with E-state index in [9.17, 15) is 14.4 Å². The third kappa shape index (κ3) is 2.62. The molecule has 4 aliphatic rings. The topological polar surface area (TPSA) is 91.4 Å². The Morgan fingerprint density at radius 3 is 2.55 bits per heavy atom. The van der Waals surface area contributed by atoms with Crippen LogP contribution < -0.4 is 0 Å². The highest BCUT2D eigenvalue weighted by Gasteiger charge is 2.79. The van der Waals surface area contributed by atoms with Crippen LogP contribution in [0.4, 0.5) is 0 Å². The number of carbonyl (C=O) groups is 3. The van der Waals surface area contributed by atoms with Gasteiger partial charge in [-0.2, -0.15) is 0 Å². The first-order valence-electron chi connectivity index (χ1n) is 10.2. The molecule has 158 valence electrons. The maximum absolute atomic E-state index is 12.4. The first-order chi connectivity index (χ1) is 13.6. The number of esters is 3. The van der Waals surface area contributed by atoms with E-state index in [0.717, 1.165) is 5.57 Å². The lowest BCUT2D eigenvalue weighted by atomic mass is 9.51. The van der Waals surface area contributed by atoms with Crippen LogP contribution >= 0.6 is 0 Å². The van der Waals surface area contributed by atoms with Crippen molar-refractivity contribution in [3.63, 3.8) is 0 Å². The summed E-state index contributed by atoms with van der Waals surface area (Å²) in [5, 5.41) is 0. The van der Waals surface area contributed by atoms with Crippen molar-refractivity contribution in [1.29, 1.82) is 0 Å². The van der Waals surface area contributed by atoms with Crippen LogP contribution in [0.5, 0.6) is 0 Å². The lowest BCUT2D eigenvalue weighted by Gasteiger charge is -2.54. The molecule has 2 heterocycles. The van der Waals surface area contributed by atoms with Crippen LogP contribution in [0.25, 0.3) is 0 Å². The summed E-state index contributed by atoms with van der Waals surface area (Å²) >= 11 is 0. The maximum atomic E-state index is 12.4. The van der Waals surface area contributed by atoms with Gasteiger partial charge in [0.05, 0.1) is 6.10 Å². The van der Waals surface area contributed by atoms with E-state index < -0.39 is 29.2 Å². The van der Waals surface area contributed by atoms with Gasteiger partial charge in [-0.1, -0.05) is 19.9 Å². The fraction of sp³-hybridized carbons (Fsp3) is 0.682. The van der Waals surface area contributed by atoms with Gasteiger partial charge in [-0.25, -0.2) is 9.59 Å². The molecule has 2 aliphatic heterocycles. The maximum Gasteiger partial charge on any atom is 0.334 e. The van der Waals surface area contributed by atoms with Crippen molar-refractivity contribution in [2.45, 2.75) is 84.4 Å². The Morgan fingerprint density at radius 1 is 1.24 bits per heavy atom.